The maximum absolute atomic E-state index is 9.27. The van der Waals surface area contributed by atoms with E-state index in [1.165, 1.54) is 0 Å². The summed E-state index contributed by atoms with van der Waals surface area (Å²) in [6, 6.07) is 5.72. The van der Waals surface area contributed by atoms with Crippen molar-refractivity contribution in [1.82, 2.24) is 14.8 Å². The number of hydrogen-bond acceptors (Lipinski definition) is 5. The van der Waals surface area contributed by atoms with E-state index in [1.54, 1.807) is 29.2 Å². The van der Waals surface area contributed by atoms with Crippen molar-refractivity contribution in [2.24, 2.45) is 0 Å². The summed E-state index contributed by atoms with van der Waals surface area (Å²) in [5, 5.41) is 13.7. The second-order valence-electron chi connectivity index (χ2n) is 4.38. The van der Waals surface area contributed by atoms with Crippen LogP contribution in [0.3, 0.4) is 0 Å². The molecule has 1 aliphatic rings. The van der Waals surface area contributed by atoms with E-state index in [0.717, 1.165) is 18.5 Å². The molecule has 0 saturated carbocycles. The lowest BCUT2D eigenvalue weighted by atomic mass is 10.1. The van der Waals surface area contributed by atoms with Gasteiger partial charge in [0, 0.05) is 19.0 Å². The van der Waals surface area contributed by atoms with Crippen LogP contribution >= 0.6 is 0 Å². The van der Waals surface area contributed by atoms with Crippen LogP contribution < -0.4 is 5.73 Å². The highest BCUT2D eigenvalue weighted by Gasteiger charge is 2.27. The zero-order chi connectivity index (χ0) is 13.2. The summed E-state index contributed by atoms with van der Waals surface area (Å²) in [5.74, 6) is 0.346. The predicted molar refractivity (Wildman–Crippen MR) is 68.4 cm³/mol. The van der Waals surface area contributed by atoms with E-state index in [2.05, 4.69) is 16.2 Å². The average molecular weight is 255 g/mol. The Labute approximate surface area is 110 Å². The first-order valence-electron chi connectivity index (χ1n) is 6.11. The third-order valence-corrected chi connectivity index (χ3v) is 3.20. The summed E-state index contributed by atoms with van der Waals surface area (Å²) in [5.41, 5.74) is 7.84. The molecule has 1 fully saturated rings. The summed E-state index contributed by atoms with van der Waals surface area (Å²) in [6.07, 6.45) is 5.06. The highest BCUT2D eigenvalue weighted by atomic mass is 16.5. The molecule has 19 heavy (non-hydrogen) atoms. The molecule has 2 N–H and O–H groups in total. The Hall–Kier alpha value is -2.39. The van der Waals surface area contributed by atoms with Gasteiger partial charge >= 0.3 is 0 Å². The van der Waals surface area contributed by atoms with Gasteiger partial charge in [-0.3, -0.25) is 4.98 Å². The van der Waals surface area contributed by atoms with E-state index in [4.69, 9.17) is 10.5 Å². The molecule has 0 radical (unpaired) electrons. The van der Waals surface area contributed by atoms with Crippen molar-refractivity contribution in [2.45, 2.75) is 18.9 Å². The number of nitrogens with zero attached hydrogens (tertiary/aromatic N) is 4. The molecule has 2 aromatic rings. The van der Waals surface area contributed by atoms with Gasteiger partial charge in [0.1, 0.15) is 29.2 Å². The monoisotopic (exact) mass is 255 g/mol. The van der Waals surface area contributed by atoms with Crippen LogP contribution in [0.5, 0.6) is 0 Å². The second kappa shape index (κ2) is 4.71. The van der Waals surface area contributed by atoms with Crippen LogP contribution in [-0.2, 0) is 4.74 Å². The Morgan fingerprint density at radius 3 is 2.84 bits per heavy atom. The van der Waals surface area contributed by atoms with Crippen molar-refractivity contribution in [2.75, 3.05) is 12.3 Å². The number of nitrogens with two attached hydrogens (primary N) is 1. The van der Waals surface area contributed by atoms with Gasteiger partial charge in [-0.25, -0.2) is 4.68 Å². The van der Waals surface area contributed by atoms with Gasteiger partial charge in [-0.15, -0.1) is 0 Å². The summed E-state index contributed by atoms with van der Waals surface area (Å²) in [6.45, 7) is 0.706. The van der Waals surface area contributed by atoms with Gasteiger partial charge in [-0.2, -0.15) is 10.4 Å². The van der Waals surface area contributed by atoms with Crippen molar-refractivity contribution in [3.05, 3.63) is 35.8 Å². The van der Waals surface area contributed by atoms with Gasteiger partial charge in [0.15, 0.2) is 0 Å². The number of rotatable bonds is 2. The minimum atomic E-state index is -0.125. The Kier molecular flexibility index (Phi) is 2.89. The van der Waals surface area contributed by atoms with E-state index in [0.29, 0.717) is 23.7 Å². The summed E-state index contributed by atoms with van der Waals surface area (Å²) in [7, 11) is 0. The molecule has 2 aromatic heterocycles. The SMILES string of the molecule is N#Cc1c([C@@H]2CCCO2)nn(-c2ccncc2)c1N. The lowest BCUT2D eigenvalue weighted by Crippen LogP contribution is -2.03. The van der Waals surface area contributed by atoms with Gasteiger partial charge in [0.05, 0.1) is 5.69 Å². The number of hydrogen-bond donors (Lipinski definition) is 1. The quantitative estimate of drug-likeness (QED) is 0.879. The van der Waals surface area contributed by atoms with E-state index in [-0.39, 0.29) is 6.10 Å². The number of pyridine rings is 1. The Morgan fingerprint density at radius 1 is 1.42 bits per heavy atom. The molecule has 96 valence electrons. The molecule has 3 rings (SSSR count). The molecule has 0 amide bonds. The Balaban J connectivity index is 2.10. The number of anilines is 1. The highest BCUT2D eigenvalue weighted by molar-refractivity contribution is 5.56. The lowest BCUT2D eigenvalue weighted by molar-refractivity contribution is 0.108. The molecule has 3 heterocycles. The van der Waals surface area contributed by atoms with Gasteiger partial charge in [0.25, 0.3) is 0 Å². The van der Waals surface area contributed by atoms with E-state index < -0.39 is 0 Å². The molecule has 0 spiro atoms. The maximum atomic E-state index is 9.27. The minimum absolute atomic E-state index is 0.125. The van der Waals surface area contributed by atoms with Crippen LogP contribution in [0.15, 0.2) is 24.5 Å². The van der Waals surface area contributed by atoms with Gasteiger partial charge in [-0.1, -0.05) is 0 Å². The number of nitrogen functional groups attached to an aromatic ring is 1. The second-order valence-corrected chi connectivity index (χ2v) is 4.38. The van der Waals surface area contributed by atoms with Crippen molar-refractivity contribution >= 4 is 5.82 Å². The van der Waals surface area contributed by atoms with Gasteiger partial charge in [-0.05, 0) is 25.0 Å². The molecular weight excluding hydrogens is 242 g/mol. The molecule has 0 bridgehead atoms. The predicted octanol–water partition coefficient (Wildman–Crippen LogP) is 1.57. The average Bonchev–Trinajstić information content (AvgIpc) is 3.07. The fourth-order valence-corrected chi connectivity index (χ4v) is 2.26. The minimum Gasteiger partial charge on any atom is -0.382 e. The Morgan fingerprint density at radius 2 is 2.21 bits per heavy atom. The van der Waals surface area contributed by atoms with Crippen LogP contribution in [0.4, 0.5) is 5.82 Å². The topological polar surface area (TPSA) is 89.8 Å². The van der Waals surface area contributed by atoms with Crippen molar-refractivity contribution < 1.29 is 4.74 Å². The first-order chi connectivity index (χ1) is 9.31. The normalized spacial score (nSPS) is 18.4. The summed E-state index contributed by atoms with van der Waals surface area (Å²) >= 11 is 0. The first kappa shape index (κ1) is 11.7. The molecule has 1 atom stereocenters. The third kappa shape index (κ3) is 1.94. The standard InChI is InChI=1S/C13H13N5O/c14-8-10-12(11-2-1-7-19-11)17-18(13(10)15)9-3-5-16-6-4-9/h3-6,11H,1-2,7,15H2/t11-/m0/s1. The van der Waals surface area contributed by atoms with Crippen molar-refractivity contribution in [1.29, 1.82) is 5.26 Å². The number of aromatic nitrogens is 3. The van der Waals surface area contributed by atoms with E-state index in [1.807, 2.05) is 0 Å². The summed E-state index contributed by atoms with van der Waals surface area (Å²) < 4.78 is 7.16. The van der Waals surface area contributed by atoms with Crippen LogP contribution in [0.2, 0.25) is 0 Å². The number of ether oxygens (including phenoxy) is 1. The van der Waals surface area contributed by atoms with Crippen LogP contribution in [0, 0.1) is 11.3 Å². The molecule has 6 nitrogen and oxygen atoms in total. The molecular formula is C13H13N5O. The smallest absolute Gasteiger partial charge is 0.145 e. The van der Waals surface area contributed by atoms with Crippen LogP contribution in [0.1, 0.15) is 30.2 Å². The summed E-state index contributed by atoms with van der Waals surface area (Å²) in [4.78, 5) is 3.96. The van der Waals surface area contributed by atoms with E-state index >= 15 is 0 Å². The lowest BCUT2D eigenvalue weighted by Gasteiger charge is -2.05. The molecule has 0 aliphatic carbocycles. The van der Waals surface area contributed by atoms with Crippen molar-refractivity contribution in [3.8, 4) is 11.8 Å². The van der Waals surface area contributed by atoms with Crippen molar-refractivity contribution in [3.63, 3.8) is 0 Å². The fraction of sp³-hybridized carbons (Fsp3) is 0.308. The number of nitriles is 1. The van der Waals surface area contributed by atoms with Crippen LogP contribution in [0.25, 0.3) is 5.69 Å². The van der Waals surface area contributed by atoms with E-state index in [9.17, 15) is 5.26 Å². The molecule has 0 aromatic carbocycles. The fourth-order valence-electron chi connectivity index (χ4n) is 2.26. The van der Waals surface area contributed by atoms with Gasteiger partial charge in [0.2, 0.25) is 0 Å². The van der Waals surface area contributed by atoms with Gasteiger partial charge < -0.3 is 10.5 Å². The largest absolute Gasteiger partial charge is 0.382 e. The maximum Gasteiger partial charge on any atom is 0.145 e. The zero-order valence-electron chi connectivity index (χ0n) is 10.3. The Bertz CT molecular complexity index is 622. The molecule has 6 heteroatoms. The van der Waals surface area contributed by atoms with Crippen LogP contribution in [-0.4, -0.2) is 21.4 Å². The molecule has 1 aliphatic heterocycles. The zero-order valence-corrected chi connectivity index (χ0v) is 10.3. The third-order valence-electron chi connectivity index (χ3n) is 3.20. The highest BCUT2D eigenvalue weighted by Crippen LogP contribution is 2.32. The first-order valence-corrected chi connectivity index (χ1v) is 6.11. The molecule has 1 saturated heterocycles. The molecule has 0 unspecified atom stereocenters.